The first kappa shape index (κ1) is 24.4. The van der Waals surface area contributed by atoms with Gasteiger partial charge in [0.2, 0.25) is 5.91 Å². The number of benzene rings is 2. The third-order valence-electron chi connectivity index (χ3n) is 6.01. The van der Waals surface area contributed by atoms with Gasteiger partial charge in [-0.05, 0) is 36.6 Å². The molecular weight excluding hydrogens is 424 g/mol. The van der Waals surface area contributed by atoms with Crippen molar-refractivity contribution in [2.24, 2.45) is 0 Å². The maximum Gasteiger partial charge on any atom is 0.282 e. The Balaban J connectivity index is 1.81. The zero-order valence-corrected chi connectivity index (χ0v) is 20.2. The number of nitrogens with one attached hydrogen (secondary N) is 1. The van der Waals surface area contributed by atoms with Gasteiger partial charge in [-0.15, -0.1) is 0 Å². The zero-order chi connectivity index (χ0) is 23.3. The molecule has 174 valence electrons. The number of carbonyl (C=O) groups is 1. The van der Waals surface area contributed by atoms with E-state index in [0.717, 1.165) is 22.4 Å². The van der Waals surface area contributed by atoms with Gasteiger partial charge in [0.1, 0.15) is 6.04 Å². The predicted octanol–water partition coefficient (Wildman–Crippen LogP) is 3.19. The molecule has 0 bridgehead atoms. The third-order valence-corrected chi connectivity index (χ3v) is 8.20. The maximum atomic E-state index is 13.5. The van der Waals surface area contributed by atoms with E-state index in [4.69, 9.17) is 0 Å². The number of aryl methyl sites for hydroxylation is 2. The van der Waals surface area contributed by atoms with Crippen LogP contribution in [-0.4, -0.2) is 67.1 Å². The summed E-state index contributed by atoms with van der Waals surface area (Å²) >= 11 is 0. The summed E-state index contributed by atoms with van der Waals surface area (Å²) in [6, 6.07) is 15.2. The molecule has 0 aromatic heterocycles. The molecule has 7 nitrogen and oxygen atoms in total. The normalized spacial score (nSPS) is 16.8. The fourth-order valence-electron chi connectivity index (χ4n) is 4.14. The Morgan fingerprint density at radius 2 is 1.62 bits per heavy atom. The Bertz CT molecular complexity index is 1010. The fraction of sp³-hybridized carbons (Fsp3) is 0.458. The molecule has 1 atom stereocenters. The fourth-order valence-corrected chi connectivity index (χ4v) is 5.74. The summed E-state index contributed by atoms with van der Waals surface area (Å²) < 4.78 is 28.8. The van der Waals surface area contributed by atoms with Crippen molar-refractivity contribution in [3.63, 3.8) is 0 Å². The van der Waals surface area contributed by atoms with Crippen LogP contribution in [-0.2, 0) is 15.0 Å². The van der Waals surface area contributed by atoms with Gasteiger partial charge in [-0.2, -0.15) is 17.0 Å². The summed E-state index contributed by atoms with van der Waals surface area (Å²) in [6.45, 7) is 10.3. The Kier molecular flexibility index (Phi) is 8.05. The molecule has 1 saturated heterocycles. The lowest BCUT2D eigenvalue weighted by Crippen LogP contribution is -2.54. The van der Waals surface area contributed by atoms with E-state index in [0.29, 0.717) is 39.3 Å². The zero-order valence-electron chi connectivity index (χ0n) is 19.4. The van der Waals surface area contributed by atoms with Crippen LogP contribution in [0.15, 0.2) is 48.5 Å². The molecule has 1 heterocycles. The van der Waals surface area contributed by atoms with Crippen LogP contribution < -0.4 is 5.32 Å². The predicted molar refractivity (Wildman–Crippen MR) is 129 cm³/mol. The Morgan fingerprint density at radius 1 is 1.00 bits per heavy atom. The van der Waals surface area contributed by atoms with E-state index in [9.17, 15) is 13.2 Å². The Labute approximate surface area is 192 Å². The average Bonchev–Trinajstić information content (AvgIpc) is 2.78. The first-order valence-corrected chi connectivity index (χ1v) is 12.6. The molecule has 1 aliphatic rings. The van der Waals surface area contributed by atoms with Crippen LogP contribution in [0.4, 0.5) is 5.69 Å². The third kappa shape index (κ3) is 5.38. The lowest BCUT2D eigenvalue weighted by Gasteiger charge is -2.39. The lowest BCUT2D eigenvalue weighted by molar-refractivity contribution is -0.122. The minimum absolute atomic E-state index is 0.107. The van der Waals surface area contributed by atoms with Crippen molar-refractivity contribution in [1.29, 1.82) is 0 Å². The van der Waals surface area contributed by atoms with Crippen molar-refractivity contribution in [3.05, 3.63) is 65.2 Å². The van der Waals surface area contributed by atoms with E-state index < -0.39 is 16.3 Å². The number of amides is 1. The highest BCUT2D eigenvalue weighted by Crippen LogP contribution is 2.26. The van der Waals surface area contributed by atoms with E-state index >= 15 is 0 Å². The van der Waals surface area contributed by atoms with Gasteiger partial charge in [-0.1, -0.05) is 56.3 Å². The minimum atomic E-state index is -3.48. The monoisotopic (exact) mass is 458 g/mol. The lowest BCUT2D eigenvalue weighted by atomic mass is 10.0. The first-order valence-electron chi connectivity index (χ1n) is 11.2. The summed E-state index contributed by atoms with van der Waals surface area (Å²) in [7, 11) is -3.48. The number of hydrogen-bond donors (Lipinski definition) is 1. The second kappa shape index (κ2) is 10.6. The summed E-state index contributed by atoms with van der Waals surface area (Å²) in [6.07, 6.45) is 0. The largest absolute Gasteiger partial charge is 0.324 e. The van der Waals surface area contributed by atoms with Gasteiger partial charge in [0.05, 0.1) is 0 Å². The topological polar surface area (TPSA) is 73.0 Å². The standard InChI is InChI=1S/C24H34N4O3S/c1-5-27(6-2)32(30,31)28-16-14-26(15-17-28)23(21-10-8-7-9-11-21)24(29)25-22-18-19(3)12-13-20(22)4/h7-13,18,23H,5-6,14-17H2,1-4H3,(H,25,29). The number of hydrogen-bond acceptors (Lipinski definition) is 4. The smallest absolute Gasteiger partial charge is 0.282 e. The van der Waals surface area contributed by atoms with Crippen LogP contribution in [0.25, 0.3) is 0 Å². The molecule has 1 unspecified atom stereocenters. The molecule has 1 amide bonds. The Hall–Kier alpha value is -2.26. The van der Waals surface area contributed by atoms with Crippen LogP contribution in [0.2, 0.25) is 0 Å². The molecule has 3 rings (SSSR count). The van der Waals surface area contributed by atoms with Gasteiger partial charge in [0, 0.05) is 45.0 Å². The van der Waals surface area contributed by atoms with Gasteiger partial charge in [-0.25, -0.2) is 0 Å². The summed E-state index contributed by atoms with van der Waals surface area (Å²) in [5, 5.41) is 3.10. The highest BCUT2D eigenvalue weighted by Gasteiger charge is 2.35. The van der Waals surface area contributed by atoms with Crippen LogP contribution in [0, 0.1) is 13.8 Å². The van der Waals surface area contributed by atoms with Crippen LogP contribution in [0.1, 0.15) is 36.6 Å². The van der Waals surface area contributed by atoms with Crippen LogP contribution in [0.3, 0.4) is 0 Å². The van der Waals surface area contributed by atoms with Crippen LogP contribution in [0.5, 0.6) is 0 Å². The molecule has 1 aliphatic heterocycles. The highest BCUT2D eigenvalue weighted by atomic mass is 32.2. The van der Waals surface area contributed by atoms with Gasteiger partial charge in [0.25, 0.3) is 10.2 Å². The molecule has 2 aromatic carbocycles. The SMILES string of the molecule is CCN(CC)S(=O)(=O)N1CCN(C(C(=O)Nc2cc(C)ccc2C)c2ccccc2)CC1. The summed E-state index contributed by atoms with van der Waals surface area (Å²) in [5.41, 5.74) is 3.79. The number of nitrogens with zero attached hydrogens (tertiary/aromatic N) is 3. The Morgan fingerprint density at radius 3 is 2.22 bits per heavy atom. The molecule has 8 heteroatoms. The average molecular weight is 459 g/mol. The van der Waals surface area contributed by atoms with E-state index in [1.807, 2.05) is 76.2 Å². The molecule has 1 N–H and O–H groups in total. The van der Waals surface area contributed by atoms with Gasteiger partial charge in [-0.3, -0.25) is 9.69 Å². The van der Waals surface area contributed by atoms with E-state index in [1.54, 1.807) is 0 Å². The number of piperazine rings is 1. The van der Waals surface area contributed by atoms with E-state index in [-0.39, 0.29) is 5.91 Å². The highest BCUT2D eigenvalue weighted by molar-refractivity contribution is 7.86. The molecular formula is C24H34N4O3S. The van der Waals surface area contributed by atoms with E-state index in [2.05, 4.69) is 10.2 Å². The van der Waals surface area contributed by atoms with E-state index in [1.165, 1.54) is 8.61 Å². The quantitative estimate of drug-likeness (QED) is 0.659. The molecule has 1 fully saturated rings. The van der Waals surface area contributed by atoms with Crippen molar-refractivity contribution in [2.45, 2.75) is 33.7 Å². The molecule has 0 radical (unpaired) electrons. The van der Waals surface area contributed by atoms with Crippen LogP contribution >= 0.6 is 0 Å². The molecule has 32 heavy (non-hydrogen) atoms. The van der Waals surface area contributed by atoms with Crippen molar-refractivity contribution in [2.75, 3.05) is 44.6 Å². The second-order valence-electron chi connectivity index (χ2n) is 8.15. The summed E-state index contributed by atoms with van der Waals surface area (Å²) in [5.74, 6) is -0.107. The maximum absolute atomic E-state index is 13.5. The number of rotatable bonds is 8. The van der Waals surface area contributed by atoms with Crippen molar-refractivity contribution in [1.82, 2.24) is 13.5 Å². The molecule has 0 spiro atoms. The summed E-state index contributed by atoms with van der Waals surface area (Å²) in [4.78, 5) is 15.5. The first-order chi connectivity index (χ1) is 15.3. The minimum Gasteiger partial charge on any atom is -0.324 e. The van der Waals surface area contributed by atoms with Crippen molar-refractivity contribution >= 4 is 21.8 Å². The van der Waals surface area contributed by atoms with Gasteiger partial charge >= 0.3 is 0 Å². The van der Waals surface area contributed by atoms with Gasteiger partial charge in [0.15, 0.2) is 0 Å². The number of anilines is 1. The second-order valence-corrected chi connectivity index (χ2v) is 10.1. The van der Waals surface area contributed by atoms with Crippen molar-refractivity contribution < 1.29 is 13.2 Å². The van der Waals surface area contributed by atoms with Gasteiger partial charge < -0.3 is 5.32 Å². The molecule has 2 aromatic rings. The molecule has 0 saturated carbocycles. The number of carbonyl (C=O) groups excluding carboxylic acids is 1. The molecule has 0 aliphatic carbocycles. The van der Waals surface area contributed by atoms with Crippen molar-refractivity contribution in [3.8, 4) is 0 Å².